The third-order valence-electron chi connectivity index (χ3n) is 4.04. The number of rotatable bonds is 7. The molecule has 0 bridgehead atoms. The maximum Gasteiger partial charge on any atom is 0.237 e. The maximum absolute atomic E-state index is 13.3. The van der Waals surface area contributed by atoms with Gasteiger partial charge in [-0.3, -0.25) is 9.78 Å². The van der Waals surface area contributed by atoms with E-state index >= 15 is 0 Å². The molecule has 29 heavy (non-hydrogen) atoms. The van der Waals surface area contributed by atoms with Gasteiger partial charge in [0.05, 0.1) is 10.3 Å². The van der Waals surface area contributed by atoms with Gasteiger partial charge in [-0.15, -0.1) is 10.2 Å². The summed E-state index contributed by atoms with van der Waals surface area (Å²) < 4.78 is 15.3. The molecule has 0 aliphatic heterocycles. The second-order valence-corrected chi connectivity index (χ2v) is 8.64. The van der Waals surface area contributed by atoms with Gasteiger partial charge in [0.25, 0.3) is 0 Å². The summed E-state index contributed by atoms with van der Waals surface area (Å²) in [5.74, 6) is 0.345. The lowest BCUT2D eigenvalue weighted by molar-refractivity contribution is -0.115. The Labute approximate surface area is 177 Å². The van der Waals surface area contributed by atoms with E-state index < -0.39 is 11.1 Å². The zero-order valence-corrected chi connectivity index (χ0v) is 17.8. The minimum absolute atomic E-state index is 0.0400. The number of carbonyl (C=O) groups excluding carboxylic acids is 1. The first-order valence-electron chi connectivity index (χ1n) is 9.11. The molecule has 3 rings (SSSR count). The smallest absolute Gasteiger partial charge is 0.237 e. The van der Waals surface area contributed by atoms with E-state index in [2.05, 4.69) is 34.3 Å². The molecule has 3 aromatic rings. The molecule has 0 saturated heterocycles. The van der Waals surface area contributed by atoms with Gasteiger partial charge in [-0.1, -0.05) is 37.2 Å². The lowest BCUT2D eigenvalue weighted by Gasteiger charge is -2.15. The van der Waals surface area contributed by atoms with Crippen molar-refractivity contribution in [3.05, 3.63) is 53.6 Å². The van der Waals surface area contributed by atoms with Crippen molar-refractivity contribution in [2.75, 3.05) is 5.32 Å². The molecule has 0 radical (unpaired) electrons. The molecule has 1 atom stereocenters. The first-order chi connectivity index (χ1) is 13.8. The highest BCUT2D eigenvalue weighted by Crippen LogP contribution is 2.28. The molecule has 2 heterocycles. The Morgan fingerprint density at radius 3 is 2.59 bits per heavy atom. The number of hydrogen-bond donors (Lipinski definition) is 1. The number of anilines is 1. The van der Waals surface area contributed by atoms with Crippen molar-refractivity contribution in [2.24, 2.45) is 5.92 Å². The van der Waals surface area contributed by atoms with Crippen molar-refractivity contribution in [3.63, 3.8) is 0 Å². The standard InChI is InChI=1S/C20H21ClFN5OS/c1-12(2)11-27-18(14-6-8-23-9-7-14)25-26-20(27)29-13(3)19(28)24-15-4-5-17(22)16(21)10-15/h4-10,12-13H,11H2,1-3H3,(H,24,28). The average Bonchev–Trinajstić information content (AvgIpc) is 3.07. The van der Waals surface area contributed by atoms with E-state index in [0.29, 0.717) is 16.8 Å². The molecule has 9 heteroatoms. The Hall–Kier alpha value is -2.45. The number of halogens is 2. The van der Waals surface area contributed by atoms with Gasteiger partial charge in [-0.25, -0.2) is 4.39 Å². The number of benzene rings is 1. The number of nitrogens with one attached hydrogen (secondary N) is 1. The molecule has 2 aromatic heterocycles. The van der Waals surface area contributed by atoms with Gasteiger partial charge in [0.2, 0.25) is 5.91 Å². The molecular weight excluding hydrogens is 413 g/mol. The number of pyridine rings is 1. The van der Waals surface area contributed by atoms with Crippen LogP contribution in [0.4, 0.5) is 10.1 Å². The van der Waals surface area contributed by atoms with Gasteiger partial charge in [0, 0.05) is 30.2 Å². The van der Waals surface area contributed by atoms with Crippen LogP contribution in [0.2, 0.25) is 5.02 Å². The zero-order valence-electron chi connectivity index (χ0n) is 16.3. The molecule has 0 spiro atoms. The molecule has 152 valence electrons. The number of thioether (sulfide) groups is 1. The van der Waals surface area contributed by atoms with Crippen LogP contribution in [0.5, 0.6) is 0 Å². The number of hydrogen-bond acceptors (Lipinski definition) is 5. The molecule has 0 aliphatic carbocycles. The molecule has 1 N–H and O–H groups in total. The van der Waals surface area contributed by atoms with Crippen LogP contribution >= 0.6 is 23.4 Å². The minimum atomic E-state index is -0.530. The van der Waals surface area contributed by atoms with E-state index in [4.69, 9.17) is 11.6 Å². The van der Waals surface area contributed by atoms with Crippen LogP contribution in [0.3, 0.4) is 0 Å². The number of nitrogens with zero attached hydrogens (tertiary/aromatic N) is 4. The average molecular weight is 434 g/mol. The predicted molar refractivity (Wildman–Crippen MR) is 113 cm³/mol. The van der Waals surface area contributed by atoms with Crippen LogP contribution in [-0.4, -0.2) is 30.9 Å². The monoisotopic (exact) mass is 433 g/mol. The number of amides is 1. The van der Waals surface area contributed by atoms with Gasteiger partial charge < -0.3 is 9.88 Å². The van der Waals surface area contributed by atoms with Crippen LogP contribution < -0.4 is 5.32 Å². The summed E-state index contributed by atoms with van der Waals surface area (Å²) in [6.45, 7) is 6.72. The summed E-state index contributed by atoms with van der Waals surface area (Å²) >= 11 is 7.10. The topological polar surface area (TPSA) is 72.7 Å². The first-order valence-corrected chi connectivity index (χ1v) is 10.4. The molecule has 1 aromatic carbocycles. The molecule has 1 amide bonds. The lowest BCUT2D eigenvalue weighted by atomic mass is 10.2. The Morgan fingerprint density at radius 1 is 1.21 bits per heavy atom. The lowest BCUT2D eigenvalue weighted by Crippen LogP contribution is -2.23. The van der Waals surface area contributed by atoms with Crippen LogP contribution in [0, 0.1) is 11.7 Å². The van der Waals surface area contributed by atoms with Crippen LogP contribution in [0.1, 0.15) is 20.8 Å². The fourth-order valence-corrected chi connectivity index (χ4v) is 3.69. The highest BCUT2D eigenvalue weighted by molar-refractivity contribution is 8.00. The van der Waals surface area contributed by atoms with Crippen molar-refractivity contribution in [3.8, 4) is 11.4 Å². The highest BCUT2D eigenvalue weighted by Gasteiger charge is 2.21. The van der Waals surface area contributed by atoms with E-state index in [-0.39, 0.29) is 10.9 Å². The Kier molecular flexibility index (Phi) is 6.87. The van der Waals surface area contributed by atoms with E-state index in [1.807, 2.05) is 16.7 Å². The van der Waals surface area contributed by atoms with Crippen molar-refractivity contribution >= 4 is 35.0 Å². The summed E-state index contributed by atoms with van der Waals surface area (Å²) in [7, 11) is 0. The van der Waals surface area contributed by atoms with Gasteiger partial charge in [-0.05, 0) is 43.2 Å². The minimum Gasteiger partial charge on any atom is -0.325 e. The second-order valence-electron chi connectivity index (χ2n) is 6.92. The molecule has 0 saturated carbocycles. The Balaban J connectivity index is 1.78. The number of aromatic nitrogens is 4. The van der Waals surface area contributed by atoms with E-state index in [1.54, 1.807) is 19.3 Å². The molecule has 1 unspecified atom stereocenters. The van der Waals surface area contributed by atoms with Crippen LogP contribution in [0.25, 0.3) is 11.4 Å². The summed E-state index contributed by atoms with van der Waals surface area (Å²) in [5, 5.41) is 11.6. The fraction of sp³-hybridized carbons (Fsp3) is 0.300. The van der Waals surface area contributed by atoms with Crippen molar-refractivity contribution in [2.45, 2.75) is 37.7 Å². The molecule has 0 aliphatic rings. The summed E-state index contributed by atoms with van der Waals surface area (Å²) in [4.78, 5) is 16.6. The molecular formula is C20H21ClFN5OS. The van der Waals surface area contributed by atoms with Gasteiger partial charge in [-0.2, -0.15) is 0 Å². The summed E-state index contributed by atoms with van der Waals surface area (Å²) in [5.41, 5.74) is 1.35. The Morgan fingerprint density at radius 2 is 1.93 bits per heavy atom. The highest BCUT2D eigenvalue weighted by atomic mass is 35.5. The fourth-order valence-electron chi connectivity index (χ4n) is 2.65. The van der Waals surface area contributed by atoms with Gasteiger partial charge in [0.1, 0.15) is 5.82 Å². The van der Waals surface area contributed by atoms with Crippen molar-refractivity contribution in [1.29, 1.82) is 0 Å². The van der Waals surface area contributed by atoms with Crippen LogP contribution in [0.15, 0.2) is 47.9 Å². The van der Waals surface area contributed by atoms with Crippen molar-refractivity contribution < 1.29 is 9.18 Å². The molecule has 6 nitrogen and oxygen atoms in total. The first kappa shape index (κ1) is 21.3. The third-order valence-corrected chi connectivity index (χ3v) is 5.41. The summed E-state index contributed by atoms with van der Waals surface area (Å²) in [6, 6.07) is 7.83. The van der Waals surface area contributed by atoms with E-state index in [9.17, 15) is 9.18 Å². The van der Waals surface area contributed by atoms with Crippen molar-refractivity contribution in [1.82, 2.24) is 19.7 Å². The van der Waals surface area contributed by atoms with E-state index in [0.717, 1.165) is 17.9 Å². The normalized spacial score (nSPS) is 12.2. The largest absolute Gasteiger partial charge is 0.325 e. The quantitative estimate of drug-likeness (QED) is 0.536. The van der Waals surface area contributed by atoms with E-state index in [1.165, 1.54) is 30.0 Å². The predicted octanol–water partition coefficient (Wildman–Crippen LogP) is 4.91. The number of carbonyl (C=O) groups is 1. The van der Waals surface area contributed by atoms with Gasteiger partial charge in [0.15, 0.2) is 11.0 Å². The Bertz CT molecular complexity index is 996. The SMILES string of the molecule is CC(C)Cn1c(SC(C)C(=O)Nc2ccc(F)c(Cl)c2)nnc1-c1ccncc1. The zero-order chi connectivity index (χ0) is 21.0. The molecule has 0 fully saturated rings. The van der Waals surface area contributed by atoms with Gasteiger partial charge >= 0.3 is 0 Å². The maximum atomic E-state index is 13.3. The second kappa shape index (κ2) is 9.37. The summed E-state index contributed by atoms with van der Waals surface area (Å²) in [6.07, 6.45) is 3.42. The third kappa shape index (κ3) is 5.33. The van der Waals surface area contributed by atoms with Crippen LogP contribution in [-0.2, 0) is 11.3 Å².